The molecule has 0 spiro atoms. The predicted octanol–water partition coefficient (Wildman–Crippen LogP) is 3.77. The summed E-state index contributed by atoms with van der Waals surface area (Å²) in [4.78, 5) is 12.0. The minimum absolute atomic E-state index is 0. The average molecular weight is 514 g/mol. The first-order chi connectivity index (χ1) is 13.6. The molecule has 0 amide bonds. The molecule has 1 aromatic carbocycles. The summed E-state index contributed by atoms with van der Waals surface area (Å²) >= 11 is 0. The van der Waals surface area contributed by atoms with E-state index in [0.29, 0.717) is 25.4 Å². The normalized spacial score (nSPS) is 11.7. The number of aliphatic imine (C=N–C) groups is 1. The van der Waals surface area contributed by atoms with Gasteiger partial charge in [-0.2, -0.15) is 4.98 Å². The van der Waals surface area contributed by atoms with Crippen LogP contribution in [-0.2, 0) is 12.8 Å². The number of hydrogen-bond acceptors (Lipinski definition) is 4. The number of rotatable bonds is 8. The fraction of sp³-hybridized carbons (Fsp3) is 0.450. The summed E-state index contributed by atoms with van der Waals surface area (Å²) in [5.41, 5.74) is 1.96. The largest absolute Gasteiger partial charge is 0.361 e. The van der Waals surface area contributed by atoms with Crippen molar-refractivity contribution in [1.82, 2.24) is 25.8 Å². The van der Waals surface area contributed by atoms with Crippen LogP contribution in [0.3, 0.4) is 0 Å². The van der Waals surface area contributed by atoms with Crippen LogP contribution in [0.2, 0.25) is 0 Å². The molecule has 9 heteroatoms. The number of aromatic nitrogens is 3. The van der Waals surface area contributed by atoms with Crippen molar-refractivity contribution in [2.45, 2.75) is 39.5 Å². The Labute approximate surface area is 187 Å². The molecule has 0 bridgehead atoms. The summed E-state index contributed by atoms with van der Waals surface area (Å²) in [5, 5.41) is 11.6. The maximum absolute atomic E-state index is 13.3. The number of aromatic amines is 1. The zero-order valence-electron chi connectivity index (χ0n) is 17.0. The summed E-state index contributed by atoms with van der Waals surface area (Å²) in [7, 11) is 0. The van der Waals surface area contributed by atoms with Gasteiger partial charge in [0.2, 0.25) is 5.89 Å². The van der Waals surface area contributed by atoms with E-state index in [1.807, 2.05) is 33.0 Å². The van der Waals surface area contributed by atoms with Crippen molar-refractivity contribution in [3.8, 4) is 0 Å². The van der Waals surface area contributed by atoms with Gasteiger partial charge in [-0.15, -0.1) is 24.0 Å². The molecule has 2 heterocycles. The van der Waals surface area contributed by atoms with Gasteiger partial charge >= 0.3 is 0 Å². The van der Waals surface area contributed by atoms with Crippen LogP contribution in [0.4, 0.5) is 4.39 Å². The van der Waals surface area contributed by atoms with E-state index in [0.717, 1.165) is 41.2 Å². The molecule has 3 rings (SSSR count). The van der Waals surface area contributed by atoms with Gasteiger partial charge in [0.15, 0.2) is 11.8 Å². The van der Waals surface area contributed by atoms with E-state index in [1.54, 1.807) is 0 Å². The molecule has 3 aromatic rings. The van der Waals surface area contributed by atoms with Crippen LogP contribution in [-0.4, -0.2) is 40.7 Å². The van der Waals surface area contributed by atoms with Gasteiger partial charge in [0.1, 0.15) is 5.82 Å². The Morgan fingerprint density at radius 1 is 1.28 bits per heavy atom. The Hall–Kier alpha value is -2.17. The first-order valence-electron chi connectivity index (χ1n) is 9.67. The highest BCUT2D eigenvalue weighted by molar-refractivity contribution is 14.0. The van der Waals surface area contributed by atoms with E-state index in [1.165, 1.54) is 12.1 Å². The molecule has 0 radical (unpaired) electrons. The summed E-state index contributed by atoms with van der Waals surface area (Å²) in [6.45, 7) is 8.14. The predicted molar refractivity (Wildman–Crippen MR) is 123 cm³/mol. The fourth-order valence-corrected chi connectivity index (χ4v) is 2.89. The number of halogens is 2. The smallest absolute Gasteiger partial charge is 0.228 e. The third-order valence-corrected chi connectivity index (χ3v) is 4.36. The van der Waals surface area contributed by atoms with Crippen molar-refractivity contribution in [3.63, 3.8) is 0 Å². The Morgan fingerprint density at radius 3 is 2.83 bits per heavy atom. The van der Waals surface area contributed by atoms with E-state index in [9.17, 15) is 4.39 Å². The standard InChI is InChI=1S/C20H27FN6O.HI/c1-4-22-20(24-10-8-18-26-19(13(2)3)27-28-18)23-9-7-14-12-25-17-11-15(21)5-6-16(14)17;/h5-6,11-13,25H,4,7-10H2,1-3H3,(H2,22,23,24);1H. The molecule has 0 fully saturated rings. The Kier molecular flexibility index (Phi) is 8.87. The molecule has 0 saturated heterocycles. The fourth-order valence-electron chi connectivity index (χ4n) is 2.89. The highest BCUT2D eigenvalue weighted by Gasteiger charge is 2.09. The van der Waals surface area contributed by atoms with Gasteiger partial charge in [-0.25, -0.2) is 4.39 Å². The van der Waals surface area contributed by atoms with Crippen LogP contribution in [0.15, 0.2) is 33.9 Å². The molecule has 3 N–H and O–H groups in total. The second-order valence-corrected chi connectivity index (χ2v) is 6.89. The zero-order chi connectivity index (χ0) is 19.9. The topological polar surface area (TPSA) is 91.1 Å². The zero-order valence-corrected chi connectivity index (χ0v) is 19.3. The average Bonchev–Trinajstić information content (AvgIpc) is 3.29. The maximum atomic E-state index is 13.3. The number of benzene rings is 1. The minimum atomic E-state index is -0.234. The number of H-pyrrole nitrogens is 1. The lowest BCUT2D eigenvalue weighted by Crippen LogP contribution is -2.38. The van der Waals surface area contributed by atoms with Crippen molar-refractivity contribution in [2.75, 3.05) is 19.6 Å². The molecule has 0 unspecified atom stereocenters. The van der Waals surface area contributed by atoms with Gasteiger partial charge < -0.3 is 20.1 Å². The third-order valence-electron chi connectivity index (χ3n) is 4.36. The molecule has 0 aliphatic rings. The molecular weight excluding hydrogens is 486 g/mol. The maximum Gasteiger partial charge on any atom is 0.228 e. The van der Waals surface area contributed by atoms with Crippen LogP contribution in [0.5, 0.6) is 0 Å². The van der Waals surface area contributed by atoms with E-state index in [4.69, 9.17) is 4.52 Å². The molecule has 158 valence electrons. The Balaban J connectivity index is 0.00000300. The van der Waals surface area contributed by atoms with Crippen molar-refractivity contribution in [3.05, 3.63) is 47.5 Å². The summed E-state index contributed by atoms with van der Waals surface area (Å²) in [5.74, 6) is 2.09. The van der Waals surface area contributed by atoms with Gasteiger partial charge in [0.05, 0.1) is 6.54 Å². The molecule has 29 heavy (non-hydrogen) atoms. The molecule has 0 saturated carbocycles. The Bertz CT molecular complexity index is 936. The quantitative estimate of drug-likeness (QED) is 0.242. The number of nitrogens with one attached hydrogen (secondary N) is 3. The minimum Gasteiger partial charge on any atom is -0.361 e. The van der Waals surface area contributed by atoms with Gasteiger partial charge in [0.25, 0.3) is 0 Å². The number of fused-ring (bicyclic) bond motifs is 1. The summed E-state index contributed by atoms with van der Waals surface area (Å²) in [6.07, 6.45) is 3.33. The molecule has 7 nitrogen and oxygen atoms in total. The summed E-state index contributed by atoms with van der Waals surface area (Å²) in [6, 6.07) is 4.81. The highest BCUT2D eigenvalue weighted by Crippen LogP contribution is 2.19. The Morgan fingerprint density at radius 2 is 2.10 bits per heavy atom. The van der Waals surface area contributed by atoms with Gasteiger partial charge in [-0.3, -0.25) is 4.99 Å². The number of nitrogens with zero attached hydrogens (tertiary/aromatic N) is 3. The van der Waals surface area contributed by atoms with Crippen molar-refractivity contribution >= 4 is 40.8 Å². The molecular formula is C20H28FIN6O. The van der Waals surface area contributed by atoms with Gasteiger partial charge in [0, 0.05) is 42.5 Å². The molecule has 0 aliphatic carbocycles. The van der Waals surface area contributed by atoms with Crippen LogP contribution in [0.25, 0.3) is 10.9 Å². The van der Waals surface area contributed by atoms with Crippen LogP contribution in [0.1, 0.15) is 44.0 Å². The number of guanidine groups is 1. The highest BCUT2D eigenvalue weighted by atomic mass is 127. The lowest BCUT2D eigenvalue weighted by molar-refractivity contribution is 0.372. The van der Waals surface area contributed by atoms with Gasteiger partial charge in [-0.1, -0.05) is 19.0 Å². The lowest BCUT2D eigenvalue weighted by atomic mass is 10.1. The van der Waals surface area contributed by atoms with Crippen LogP contribution < -0.4 is 10.6 Å². The van der Waals surface area contributed by atoms with Crippen LogP contribution >= 0.6 is 24.0 Å². The van der Waals surface area contributed by atoms with Crippen molar-refractivity contribution < 1.29 is 8.91 Å². The van der Waals surface area contributed by atoms with Gasteiger partial charge in [-0.05, 0) is 37.1 Å². The molecule has 0 aliphatic heterocycles. The SMILES string of the molecule is CCNC(=NCCc1nc(C(C)C)no1)NCCc1c[nH]c2cc(F)ccc12.I. The van der Waals surface area contributed by atoms with E-state index >= 15 is 0 Å². The first-order valence-corrected chi connectivity index (χ1v) is 9.67. The second-order valence-electron chi connectivity index (χ2n) is 6.89. The van der Waals surface area contributed by atoms with E-state index in [-0.39, 0.29) is 35.7 Å². The van der Waals surface area contributed by atoms with Crippen LogP contribution in [0, 0.1) is 5.82 Å². The second kappa shape index (κ2) is 11.1. The van der Waals surface area contributed by atoms with E-state index < -0.39 is 0 Å². The first kappa shape index (κ1) is 23.1. The van der Waals surface area contributed by atoms with E-state index in [2.05, 4.69) is 30.8 Å². The lowest BCUT2D eigenvalue weighted by Gasteiger charge is -2.10. The monoisotopic (exact) mass is 514 g/mol. The third kappa shape index (κ3) is 6.41. The molecule has 2 aromatic heterocycles. The summed E-state index contributed by atoms with van der Waals surface area (Å²) < 4.78 is 18.5. The number of hydrogen-bond donors (Lipinski definition) is 3. The van der Waals surface area contributed by atoms with Crippen molar-refractivity contribution in [2.24, 2.45) is 4.99 Å². The molecule has 0 atom stereocenters. The van der Waals surface area contributed by atoms with Crippen molar-refractivity contribution in [1.29, 1.82) is 0 Å².